The molecule has 0 saturated carbocycles. The zero-order valence-corrected chi connectivity index (χ0v) is 20.3. The van der Waals surface area contributed by atoms with E-state index in [0.29, 0.717) is 25.2 Å². The highest BCUT2D eigenvalue weighted by Gasteiger charge is 2.32. The second-order valence-corrected chi connectivity index (χ2v) is 9.20. The van der Waals surface area contributed by atoms with E-state index < -0.39 is 48.3 Å². The van der Waals surface area contributed by atoms with Crippen LogP contribution in [0.3, 0.4) is 0 Å². The van der Waals surface area contributed by atoms with Crippen molar-refractivity contribution in [3.63, 3.8) is 0 Å². The molecule has 36 heavy (non-hydrogen) atoms. The molecular formula is C23H29B2F2N3O6. The topological polar surface area (TPSA) is 131 Å². The van der Waals surface area contributed by atoms with Gasteiger partial charge in [-0.15, -0.1) is 0 Å². The number of nitrogens with zero attached hydrogens (tertiary/aromatic N) is 1. The zero-order valence-electron chi connectivity index (χ0n) is 20.3. The van der Waals surface area contributed by atoms with E-state index in [1.165, 1.54) is 0 Å². The fourth-order valence-electron chi connectivity index (χ4n) is 3.98. The number of nitrogens with one attached hydrogen (secondary N) is 2. The summed E-state index contributed by atoms with van der Waals surface area (Å²) in [6.07, 6.45) is 0. The summed E-state index contributed by atoms with van der Waals surface area (Å²) < 4.78 is 33.6. The average molecular weight is 503 g/mol. The molecule has 0 atom stereocenters. The number of benzene rings is 2. The van der Waals surface area contributed by atoms with E-state index in [2.05, 4.69) is 10.6 Å². The fraction of sp³-hybridized carbons (Fsp3) is 0.391. The van der Waals surface area contributed by atoms with Crippen LogP contribution in [0, 0.1) is 11.6 Å². The van der Waals surface area contributed by atoms with Gasteiger partial charge >= 0.3 is 14.2 Å². The van der Waals surface area contributed by atoms with E-state index in [4.69, 9.17) is 4.65 Å². The highest BCUT2D eigenvalue weighted by atomic mass is 19.1. The lowest BCUT2D eigenvalue weighted by Crippen LogP contribution is -2.54. The summed E-state index contributed by atoms with van der Waals surface area (Å²) in [5.41, 5.74) is -0.0223. The lowest BCUT2D eigenvalue weighted by atomic mass is 9.78. The van der Waals surface area contributed by atoms with Crippen LogP contribution in [-0.2, 0) is 22.6 Å². The second-order valence-electron chi connectivity index (χ2n) is 9.20. The van der Waals surface area contributed by atoms with Crippen LogP contribution in [0.4, 0.5) is 8.78 Å². The summed E-state index contributed by atoms with van der Waals surface area (Å²) in [5, 5.41) is 33.8. The van der Waals surface area contributed by atoms with E-state index in [0.717, 1.165) is 23.3 Å². The average Bonchev–Trinajstić information content (AvgIpc) is 3.17. The van der Waals surface area contributed by atoms with Gasteiger partial charge in [-0.3, -0.25) is 14.5 Å². The molecule has 0 saturated heterocycles. The minimum atomic E-state index is -2.42. The van der Waals surface area contributed by atoms with Crippen LogP contribution in [0.15, 0.2) is 30.3 Å². The Bertz CT molecular complexity index is 1140. The molecule has 0 radical (unpaired) electrons. The fourth-order valence-corrected chi connectivity index (χ4v) is 3.98. The predicted octanol–water partition coefficient (Wildman–Crippen LogP) is -0.991. The minimum Gasteiger partial charge on any atom is -0.423 e. The number of hydrogen-bond acceptors (Lipinski definition) is 7. The number of hydrogen-bond donors (Lipinski definition) is 5. The minimum absolute atomic E-state index is 0.00138. The zero-order chi connectivity index (χ0) is 26.6. The van der Waals surface area contributed by atoms with Gasteiger partial charge in [0.15, 0.2) is 0 Å². The van der Waals surface area contributed by atoms with Crippen molar-refractivity contribution in [2.45, 2.75) is 39.5 Å². The highest BCUT2D eigenvalue weighted by molar-refractivity contribution is 6.61. The van der Waals surface area contributed by atoms with Gasteiger partial charge < -0.3 is 30.4 Å². The Labute approximate surface area is 208 Å². The van der Waals surface area contributed by atoms with Crippen LogP contribution >= 0.6 is 0 Å². The molecule has 0 spiro atoms. The molecule has 5 N–H and O–H groups in total. The van der Waals surface area contributed by atoms with Crippen LogP contribution in [-0.4, -0.2) is 71.2 Å². The van der Waals surface area contributed by atoms with Crippen molar-refractivity contribution < 1.29 is 38.1 Å². The number of carbonyl (C=O) groups is 2. The Kier molecular flexibility index (Phi) is 8.85. The van der Waals surface area contributed by atoms with Crippen LogP contribution in [0.5, 0.6) is 0 Å². The van der Waals surface area contributed by atoms with Gasteiger partial charge in [-0.25, -0.2) is 8.78 Å². The lowest BCUT2D eigenvalue weighted by molar-refractivity contribution is -0.123. The summed E-state index contributed by atoms with van der Waals surface area (Å²) in [7, 11) is -3.44. The molecule has 0 bridgehead atoms. The van der Waals surface area contributed by atoms with Gasteiger partial charge in [-0.2, -0.15) is 0 Å². The summed E-state index contributed by atoms with van der Waals surface area (Å²) in [5.74, 6) is -3.65. The number of amides is 2. The van der Waals surface area contributed by atoms with Gasteiger partial charge in [0.1, 0.15) is 11.6 Å². The van der Waals surface area contributed by atoms with Gasteiger partial charge in [-0.05, 0) is 49.5 Å². The maximum absolute atomic E-state index is 14.6. The first-order valence-electron chi connectivity index (χ1n) is 11.5. The van der Waals surface area contributed by atoms with E-state index in [1.807, 2.05) is 23.1 Å². The predicted molar refractivity (Wildman–Crippen MR) is 131 cm³/mol. The van der Waals surface area contributed by atoms with Crippen LogP contribution in [0.25, 0.3) is 0 Å². The number of likely N-dealkylation sites (N-methyl/N-ethyl adjacent to an activating group) is 1. The first-order valence-corrected chi connectivity index (χ1v) is 11.5. The first kappa shape index (κ1) is 27.8. The number of carbonyl (C=O) groups excluding carboxylic acids is 2. The summed E-state index contributed by atoms with van der Waals surface area (Å²) in [6, 6.07) is 7.23. The molecule has 2 aromatic carbocycles. The first-order chi connectivity index (χ1) is 16.9. The Morgan fingerprint density at radius 2 is 1.92 bits per heavy atom. The van der Waals surface area contributed by atoms with E-state index in [-0.39, 0.29) is 19.0 Å². The van der Waals surface area contributed by atoms with Crippen molar-refractivity contribution in [3.05, 3.63) is 58.7 Å². The van der Waals surface area contributed by atoms with Crippen molar-refractivity contribution in [2.75, 3.05) is 19.6 Å². The summed E-state index contributed by atoms with van der Waals surface area (Å²) in [4.78, 5) is 27.0. The molecule has 1 aliphatic heterocycles. The van der Waals surface area contributed by atoms with Gasteiger partial charge in [0, 0.05) is 25.2 Å². The monoisotopic (exact) mass is 503 g/mol. The van der Waals surface area contributed by atoms with Gasteiger partial charge in [0.25, 0.3) is 5.91 Å². The lowest BCUT2D eigenvalue weighted by Gasteiger charge is -2.38. The van der Waals surface area contributed by atoms with Crippen molar-refractivity contribution in [2.24, 2.45) is 0 Å². The van der Waals surface area contributed by atoms with Crippen LogP contribution in [0.2, 0.25) is 0 Å². The normalized spacial score (nSPS) is 13.1. The number of halogens is 2. The van der Waals surface area contributed by atoms with Crippen LogP contribution < -0.4 is 21.6 Å². The maximum Gasteiger partial charge on any atom is 0.494 e. The SMILES string of the molecule is CCNC(=O)CN(Cc1ccc2c(c1)B(O)OC2)C(C)(C)CNC(=O)c1ccc(F)c(B(O)O)c1F. The molecule has 9 nitrogen and oxygen atoms in total. The molecule has 1 heterocycles. The molecule has 1 aliphatic rings. The molecule has 2 aromatic rings. The van der Waals surface area contributed by atoms with Crippen molar-refractivity contribution in [1.82, 2.24) is 15.5 Å². The second kappa shape index (κ2) is 11.5. The van der Waals surface area contributed by atoms with E-state index in [9.17, 15) is 33.4 Å². The van der Waals surface area contributed by atoms with E-state index >= 15 is 0 Å². The molecule has 2 amide bonds. The number of fused-ring (bicyclic) bond motifs is 1. The third-order valence-electron chi connectivity index (χ3n) is 6.12. The molecule has 0 unspecified atom stereocenters. The highest BCUT2D eigenvalue weighted by Crippen LogP contribution is 2.20. The Morgan fingerprint density at radius 1 is 1.19 bits per heavy atom. The quantitative estimate of drug-likeness (QED) is 0.263. The number of rotatable bonds is 10. The van der Waals surface area contributed by atoms with Crippen molar-refractivity contribution >= 4 is 37.0 Å². The van der Waals surface area contributed by atoms with Crippen LogP contribution in [0.1, 0.15) is 42.3 Å². The standard InChI is InChI=1S/C23H29B2F2N3O6/c1-4-28-19(31)11-30(10-14-5-6-15-12-36-25(35)17(15)9-14)23(2,3)13-29-22(32)16-7-8-18(26)20(21(16)27)24(33)34/h5-9,33-35H,4,10-13H2,1-3H3,(H,28,31)(H,29,32). The van der Waals surface area contributed by atoms with Gasteiger partial charge in [0.05, 0.1) is 24.2 Å². The molecular weight excluding hydrogens is 474 g/mol. The molecule has 0 fully saturated rings. The third kappa shape index (κ3) is 6.29. The van der Waals surface area contributed by atoms with Crippen molar-refractivity contribution in [1.29, 1.82) is 0 Å². The maximum atomic E-state index is 14.6. The van der Waals surface area contributed by atoms with E-state index in [1.54, 1.807) is 20.8 Å². The Hall–Kier alpha value is -2.83. The molecule has 192 valence electrons. The molecule has 0 aromatic heterocycles. The Morgan fingerprint density at radius 3 is 2.58 bits per heavy atom. The van der Waals surface area contributed by atoms with Gasteiger partial charge in [0.2, 0.25) is 5.91 Å². The van der Waals surface area contributed by atoms with Gasteiger partial charge in [-0.1, -0.05) is 18.2 Å². The molecule has 13 heteroatoms. The summed E-state index contributed by atoms with van der Waals surface area (Å²) in [6.45, 7) is 6.41. The largest absolute Gasteiger partial charge is 0.494 e. The van der Waals surface area contributed by atoms with Crippen molar-refractivity contribution in [3.8, 4) is 0 Å². The Balaban J connectivity index is 1.79. The summed E-state index contributed by atoms with van der Waals surface area (Å²) >= 11 is 0. The smallest absolute Gasteiger partial charge is 0.423 e. The molecule has 3 rings (SSSR count). The third-order valence-corrected chi connectivity index (χ3v) is 6.12. The molecule has 0 aliphatic carbocycles.